The number of aromatic amines is 1. The molecule has 0 spiro atoms. The second-order valence-electron chi connectivity index (χ2n) is 10.5. The molecule has 3 N–H and O–H groups in total. The third kappa shape index (κ3) is 6.10. The van der Waals surface area contributed by atoms with E-state index in [-0.39, 0.29) is 29.8 Å². The van der Waals surface area contributed by atoms with Crippen LogP contribution in [-0.2, 0) is 12.2 Å². The molecule has 2 heterocycles. The highest BCUT2D eigenvalue weighted by Gasteiger charge is 2.26. The lowest BCUT2D eigenvalue weighted by molar-refractivity contribution is 0.0949. The predicted octanol–water partition coefficient (Wildman–Crippen LogP) is 4.89. The number of H-pyrrole nitrogens is 1. The van der Waals surface area contributed by atoms with E-state index in [1.807, 2.05) is 6.92 Å². The van der Waals surface area contributed by atoms with Gasteiger partial charge < -0.3 is 20.5 Å². The molecule has 35 heavy (non-hydrogen) atoms. The van der Waals surface area contributed by atoms with Crippen LogP contribution in [0.1, 0.15) is 84.8 Å². The van der Waals surface area contributed by atoms with E-state index >= 15 is 0 Å². The summed E-state index contributed by atoms with van der Waals surface area (Å²) >= 11 is 0. The van der Waals surface area contributed by atoms with Gasteiger partial charge in [0.1, 0.15) is 11.5 Å². The number of aryl methyl sites for hydroxylation is 1. The fourth-order valence-corrected chi connectivity index (χ4v) is 4.61. The van der Waals surface area contributed by atoms with E-state index in [1.165, 1.54) is 20.8 Å². The van der Waals surface area contributed by atoms with E-state index in [2.05, 4.69) is 27.6 Å². The number of halogens is 2. The zero-order valence-electron chi connectivity index (χ0n) is 21.9. The van der Waals surface area contributed by atoms with Gasteiger partial charge in [0.2, 0.25) is 0 Å². The molecular formula is C27H38F2N4O2. The number of pyridine rings is 1. The predicted molar refractivity (Wildman–Crippen MR) is 136 cm³/mol. The van der Waals surface area contributed by atoms with E-state index in [0.29, 0.717) is 22.3 Å². The van der Waals surface area contributed by atoms with Crippen LogP contribution in [0.4, 0.5) is 14.5 Å². The van der Waals surface area contributed by atoms with Gasteiger partial charge in [-0.2, -0.15) is 0 Å². The van der Waals surface area contributed by atoms with Gasteiger partial charge in [0.15, 0.2) is 0 Å². The van der Waals surface area contributed by atoms with Crippen molar-refractivity contribution in [2.75, 3.05) is 25.5 Å². The maximum absolute atomic E-state index is 15.0. The number of rotatable bonds is 7. The number of alkyl halides is 1. The molecule has 1 aliphatic heterocycles. The molecule has 6 nitrogen and oxygen atoms in total. The van der Waals surface area contributed by atoms with Crippen LogP contribution < -0.4 is 16.2 Å². The lowest BCUT2D eigenvalue weighted by atomic mass is 9.93. The van der Waals surface area contributed by atoms with Crippen molar-refractivity contribution >= 4 is 11.6 Å². The van der Waals surface area contributed by atoms with E-state index in [4.69, 9.17) is 0 Å². The second-order valence-corrected chi connectivity index (χ2v) is 10.5. The van der Waals surface area contributed by atoms with Gasteiger partial charge in [-0.25, -0.2) is 8.78 Å². The van der Waals surface area contributed by atoms with Gasteiger partial charge in [-0.05, 0) is 89.9 Å². The van der Waals surface area contributed by atoms with Gasteiger partial charge in [0.25, 0.3) is 11.5 Å². The maximum atomic E-state index is 15.0. The zero-order chi connectivity index (χ0) is 26.1. The second kappa shape index (κ2) is 10.5. The number of carbonyl (C=O) groups is 1. The molecule has 192 valence electrons. The first-order valence-corrected chi connectivity index (χ1v) is 12.3. The first-order chi connectivity index (χ1) is 16.3. The maximum Gasteiger partial charge on any atom is 0.253 e. The quantitative estimate of drug-likeness (QED) is 0.518. The molecule has 1 amide bonds. The molecule has 0 unspecified atom stereocenters. The summed E-state index contributed by atoms with van der Waals surface area (Å²) in [5.74, 6) is -1.13. The molecule has 1 aliphatic rings. The van der Waals surface area contributed by atoms with Gasteiger partial charge in [-0.3, -0.25) is 9.59 Å². The van der Waals surface area contributed by atoms with Crippen molar-refractivity contribution < 1.29 is 13.6 Å². The summed E-state index contributed by atoms with van der Waals surface area (Å²) in [7, 11) is 2.09. The number of anilines is 1. The molecule has 0 saturated carbocycles. The van der Waals surface area contributed by atoms with E-state index in [9.17, 15) is 18.4 Å². The number of hydrogen-bond acceptors (Lipinski definition) is 4. The highest BCUT2D eigenvalue weighted by Crippen LogP contribution is 2.32. The van der Waals surface area contributed by atoms with Crippen LogP contribution >= 0.6 is 0 Å². The van der Waals surface area contributed by atoms with Gasteiger partial charge in [-0.1, -0.05) is 13.8 Å². The Bertz CT molecular complexity index is 1140. The number of piperidine rings is 1. The standard InChI is InChI=1S/C27H38F2N4O2/c1-15(2)23-21(26(35)31-17(4)24(23)28)14-30-25(34)20-12-18(27(5,6)29)13-22(16(20)3)32-19-8-10-33(7)11-9-19/h12-13,15,19,32H,8-11,14H2,1-7H3,(H,30,34)(H,31,35). The summed E-state index contributed by atoms with van der Waals surface area (Å²) in [6, 6.07) is 3.58. The monoisotopic (exact) mass is 488 g/mol. The number of carbonyl (C=O) groups excluding carboxylic acids is 1. The van der Waals surface area contributed by atoms with Crippen molar-refractivity contribution in [1.82, 2.24) is 15.2 Å². The van der Waals surface area contributed by atoms with Crippen LogP contribution in [0.25, 0.3) is 0 Å². The first-order valence-electron chi connectivity index (χ1n) is 12.3. The number of hydrogen-bond donors (Lipinski definition) is 3. The van der Waals surface area contributed by atoms with E-state index in [0.717, 1.165) is 31.6 Å². The fourth-order valence-electron chi connectivity index (χ4n) is 4.61. The third-order valence-corrected chi connectivity index (χ3v) is 6.89. The Morgan fingerprint density at radius 2 is 1.86 bits per heavy atom. The lowest BCUT2D eigenvalue weighted by Crippen LogP contribution is -2.37. The zero-order valence-corrected chi connectivity index (χ0v) is 21.9. The number of aromatic nitrogens is 1. The summed E-state index contributed by atoms with van der Waals surface area (Å²) in [5.41, 5.74) is 0.767. The summed E-state index contributed by atoms with van der Waals surface area (Å²) < 4.78 is 29.7. The summed E-state index contributed by atoms with van der Waals surface area (Å²) in [6.45, 7) is 11.7. The lowest BCUT2D eigenvalue weighted by Gasteiger charge is -2.31. The molecule has 0 bridgehead atoms. The number of benzene rings is 1. The van der Waals surface area contributed by atoms with Crippen LogP contribution in [0.3, 0.4) is 0 Å². The van der Waals surface area contributed by atoms with Crippen LogP contribution in [-0.4, -0.2) is 42.0 Å². The smallest absolute Gasteiger partial charge is 0.253 e. The third-order valence-electron chi connectivity index (χ3n) is 6.89. The molecular weight excluding hydrogens is 450 g/mol. The molecule has 0 aliphatic carbocycles. The van der Waals surface area contributed by atoms with Gasteiger partial charge in [0.05, 0.1) is 5.69 Å². The van der Waals surface area contributed by atoms with Crippen LogP contribution in [0.2, 0.25) is 0 Å². The molecule has 0 atom stereocenters. The van der Waals surface area contributed by atoms with Crippen LogP contribution in [0, 0.1) is 19.7 Å². The Morgan fingerprint density at radius 3 is 2.43 bits per heavy atom. The topological polar surface area (TPSA) is 77.2 Å². The molecule has 1 saturated heterocycles. The number of nitrogens with one attached hydrogen (secondary N) is 3. The number of nitrogens with zero attached hydrogens (tertiary/aromatic N) is 1. The van der Waals surface area contributed by atoms with E-state index in [1.54, 1.807) is 26.0 Å². The molecule has 1 fully saturated rings. The highest BCUT2D eigenvalue weighted by atomic mass is 19.1. The highest BCUT2D eigenvalue weighted by molar-refractivity contribution is 5.97. The average Bonchev–Trinajstić information content (AvgIpc) is 2.76. The minimum atomic E-state index is -1.64. The van der Waals surface area contributed by atoms with Gasteiger partial charge in [0, 0.05) is 35.0 Å². The molecule has 0 radical (unpaired) electrons. The molecule has 1 aromatic carbocycles. The van der Waals surface area contributed by atoms with Crippen molar-refractivity contribution in [2.24, 2.45) is 0 Å². The number of likely N-dealkylation sites (tertiary alicyclic amines) is 1. The summed E-state index contributed by atoms with van der Waals surface area (Å²) in [5, 5.41) is 6.29. The van der Waals surface area contributed by atoms with Crippen LogP contribution in [0.5, 0.6) is 0 Å². The van der Waals surface area contributed by atoms with E-state index < -0.39 is 23.0 Å². The largest absolute Gasteiger partial charge is 0.382 e. The normalized spacial score (nSPS) is 15.5. The Kier molecular flexibility index (Phi) is 8.04. The Morgan fingerprint density at radius 1 is 1.23 bits per heavy atom. The fraction of sp³-hybridized carbons (Fsp3) is 0.556. The van der Waals surface area contributed by atoms with Gasteiger partial charge >= 0.3 is 0 Å². The Labute approximate surface area is 206 Å². The van der Waals surface area contributed by atoms with Crippen molar-refractivity contribution in [3.63, 3.8) is 0 Å². The molecule has 2 aromatic rings. The van der Waals surface area contributed by atoms with Gasteiger partial charge in [-0.15, -0.1) is 0 Å². The summed E-state index contributed by atoms with van der Waals surface area (Å²) in [4.78, 5) is 30.6. The van der Waals surface area contributed by atoms with Crippen molar-refractivity contribution in [2.45, 2.75) is 78.6 Å². The average molecular weight is 489 g/mol. The molecule has 1 aromatic heterocycles. The molecule has 3 rings (SSSR count). The van der Waals surface area contributed by atoms with Crippen molar-refractivity contribution in [3.05, 3.63) is 61.8 Å². The SMILES string of the molecule is Cc1[nH]c(=O)c(CNC(=O)c2cc(C(C)(C)F)cc(NC3CCN(C)CC3)c2C)c(C(C)C)c1F. The van der Waals surface area contributed by atoms with Crippen molar-refractivity contribution in [1.29, 1.82) is 0 Å². The minimum Gasteiger partial charge on any atom is -0.382 e. The molecule has 8 heteroatoms. The Hall–Kier alpha value is -2.74. The van der Waals surface area contributed by atoms with Crippen LogP contribution in [0.15, 0.2) is 16.9 Å². The first kappa shape index (κ1) is 26.9. The Balaban J connectivity index is 1.92. The minimum absolute atomic E-state index is 0.126. The van der Waals surface area contributed by atoms with Crippen molar-refractivity contribution in [3.8, 4) is 0 Å². The number of amides is 1. The summed E-state index contributed by atoms with van der Waals surface area (Å²) in [6.07, 6.45) is 1.92.